The van der Waals surface area contributed by atoms with Gasteiger partial charge in [0.05, 0.1) is 11.8 Å². The molecule has 1 aromatic rings. The largest absolute Gasteiger partial charge is 0.314 e. The molecule has 17 heavy (non-hydrogen) atoms. The normalized spacial score (nSPS) is 15.8. The zero-order valence-electron chi connectivity index (χ0n) is 10.4. The fourth-order valence-corrected chi connectivity index (χ4v) is 2.99. The molecule has 0 saturated carbocycles. The van der Waals surface area contributed by atoms with Gasteiger partial charge in [-0.2, -0.15) is 4.31 Å². The molecule has 0 radical (unpaired) electrons. The van der Waals surface area contributed by atoms with Crippen LogP contribution < -0.4 is 0 Å². The highest BCUT2D eigenvalue weighted by atomic mass is 32.2. The van der Waals surface area contributed by atoms with Crippen molar-refractivity contribution in [1.29, 1.82) is 0 Å². The van der Waals surface area contributed by atoms with E-state index in [1.54, 1.807) is 20.9 Å². The monoisotopic (exact) mass is 258 g/mol. The molecule has 6 nitrogen and oxygen atoms in total. The summed E-state index contributed by atoms with van der Waals surface area (Å²) in [5, 5.41) is 7.72. The predicted molar refractivity (Wildman–Crippen MR) is 63.9 cm³/mol. The molecule has 1 aliphatic heterocycles. The van der Waals surface area contributed by atoms with E-state index in [0.717, 1.165) is 31.0 Å². The lowest BCUT2D eigenvalue weighted by atomic mass is 10.4. The third-order valence-electron chi connectivity index (χ3n) is 3.08. The Labute approximate surface area is 102 Å². The van der Waals surface area contributed by atoms with E-state index in [2.05, 4.69) is 10.2 Å². The molecule has 0 amide bonds. The molecule has 0 aliphatic carbocycles. The molecule has 0 saturated heterocycles. The summed E-state index contributed by atoms with van der Waals surface area (Å²) >= 11 is 0. The SMILES string of the molecule is CC(C)S(=O)(=O)N(C)Cc1nnc2n1CCC2. The topological polar surface area (TPSA) is 68.1 Å². The molecule has 0 atom stereocenters. The lowest BCUT2D eigenvalue weighted by molar-refractivity contribution is 0.441. The molecule has 1 aromatic heterocycles. The molecule has 0 fully saturated rings. The maximum Gasteiger partial charge on any atom is 0.216 e. The number of rotatable bonds is 4. The van der Waals surface area contributed by atoms with E-state index in [-0.39, 0.29) is 0 Å². The molecule has 2 rings (SSSR count). The number of nitrogens with zero attached hydrogens (tertiary/aromatic N) is 4. The first-order valence-corrected chi connectivity index (χ1v) is 7.29. The van der Waals surface area contributed by atoms with Crippen molar-refractivity contribution in [2.75, 3.05) is 7.05 Å². The summed E-state index contributed by atoms with van der Waals surface area (Å²) in [4.78, 5) is 0. The Hall–Kier alpha value is -0.950. The quantitative estimate of drug-likeness (QED) is 0.783. The van der Waals surface area contributed by atoms with Gasteiger partial charge in [0.1, 0.15) is 11.6 Å². The minimum Gasteiger partial charge on any atom is -0.314 e. The fourth-order valence-electron chi connectivity index (χ4n) is 1.98. The van der Waals surface area contributed by atoms with E-state index < -0.39 is 15.3 Å². The van der Waals surface area contributed by atoms with Crippen LogP contribution in [-0.2, 0) is 29.5 Å². The van der Waals surface area contributed by atoms with Crippen molar-refractivity contribution in [3.63, 3.8) is 0 Å². The van der Waals surface area contributed by atoms with E-state index in [1.807, 2.05) is 4.57 Å². The molecule has 0 spiro atoms. The molecular weight excluding hydrogens is 240 g/mol. The Morgan fingerprint density at radius 2 is 2.12 bits per heavy atom. The predicted octanol–water partition coefficient (Wildman–Crippen LogP) is 0.394. The summed E-state index contributed by atoms with van der Waals surface area (Å²) in [6.45, 7) is 4.56. The van der Waals surface area contributed by atoms with Gasteiger partial charge in [-0.25, -0.2) is 8.42 Å². The maximum absolute atomic E-state index is 11.9. The highest BCUT2D eigenvalue weighted by Gasteiger charge is 2.25. The summed E-state index contributed by atoms with van der Waals surface area (Å²) in [5.41, 5.74) is 0. The number of aromatic nitrogens is 3. The van der Waals surface area contributed by atoms with Crippen molar-refractivity contribution in [3.05, 3.63) is 11.6 Å². The van der Waals surface area contributed by atoms with E-state index >= 15 is 0 Å². The summed E-state index contributed by atoms with van der Waals surface area (Å²) < 4.78 is 27.2. The zero-order valence-corrected chi connectivity index (χ0v) is 11.2. The van der Waals surface area contributed by atoms with Crippen LogP contribution in [0.1, 0.15) is 31.9 Å². The molecule has 7 heteroatoms. The highest BCUT2D eigenvalue weighted by Crippen LogP contribution is 2.16. The van der Waals surface area contributed by atoms with Crippen molar-refractivity contribution in [2.24, 2.45) is 0 Å². The number of hydrogen-bond acceptors (Lipinski definition) is 4. The Morgan fingerprint density at radius 1 is 1.41 bits per heavy atom. The molecule has 96 valence electrons. The second-order valence-electron chi connectivity index (χ2n) is 4.64. The van der Waals surface area contributed by atoms with E-state index in [0.29, 0.717) is 6.54 Å². The minimum absolute atomic E-state index is 0.299. The van der Waals surface area contributed by atoms with Crippen LogP contribution in [-0.4, -0.2) is 39.8 Å². The smallest absolute Gasteiger partial charge is 0.216 e. The molecular formula is C10H18N4O2S. The van der Waals surface area contributed by atoms with E-state index in [9.17, 15) is 8.42 Å². The molecule has 1 aliphatic rings. The van der Waals surface area contributed by atoms with Gasteiger partial charge in [-0.15, -0.1) is 10.2 Å². The first-order valence-electron chi connectivity index (χ1n) is 5.79. The summed E-state index contributed by atoms with van der Waals surface area (Å²) in [6.07, 6.45) is 2.01. The molecule has 0 aromatic carbocycles. The van der Waals surface area contributed by atoms with Crippen molar-refractivity contribution < 1.29 is 8.42 Å². The lowest BCUT2D eigenvalue weighted by Gasteiger charge is -2.19. The van der Waals surface area contributed by atoms with Gasteiger partial charge in [0, 0.05) is 20.0 Å². The third kappa shape index (κ3) is 2.21. The first kappa shape index (κ1) is 12.5. The van der Waals surface area contributed by atoms with Crippen LogP contribution in [0.4, 0.5) is 0 Å². The van der Waals surface area contributed by atoms with Gasteiger partial charge in [0.15, 0.2) is 0 Å². The number of hydrogen-bond donors (Lipinski definition) is 0. The lowest BCUT2D eigenvalue weighted by Crippen LogP contribution is -2.33. The Bertz CT molecular complexity index is 506. The summed E-state index contributed by atoms with van der Waals surface area (Å²) in [5.74, 6) is 1.71. The average molecular weight is 258 g/mol. The van der Waals surface area contributed by atoms with Crippen LogP contribution >= 0.6 is 0 Å². The van der Waals surface area contributed by atoms with Gasteiger partial charge in [-0.05, 0) is 20.3 Å². The second kappa shape index (κ2) is 4.38. The highest BCUT2D eigenvalue weighted by molar-refractivity contribution is 7.89. The van der Waals surface area contributed by atoms with Crippen LogP contribution in [0.3, 0.4) is 0 Å². The van der Waals surface area contributed by atoms with Gasteiger partial charge in [0.25, 0.3) is 0 Å². The van der Waals surface area contributed by atoms with Crippen molar-refractivity contribution in [2.45, 2.75) is 45.0 Å². The van der Waals surface area contributed by atoms with Crippen molar-refractivity contribution in [1.82, 2.24) is 19.1 Å². The van der Waals surface area contributed by atoms with Crippen LogP contribution in [0, 0.1) is 0 Å². The average Bonchev–Trinajstić information content (AvgIpc) is 2.82. The summed E-state index contributed by atoms with van der Waals surface area (Å²) in [6, 6.07) is 0. The third-order valence-corrected chi connectivity index (χ3v) is 5.27. The fraction of sp³-hybridized carbons (Fsp3) is 0.800. The van der Waals surface area contributed by atoms with Crippen molar-refractivity contribution in [3.8, 4) is 0 Å². The number of sulfonamides is 1. The van der Waals surface area contributed by atoms with Crippen LogP contribution in [0.5, 0.6) is 0 Å². The van der Waals surface area contributed by atoms with E-state index in [1.165, 1.54) is 4.31 Å². The van der Waals surface area contributed by atoms with Gasteiger partial charge in [-0.1, -0.05) is 0 Å². The first-order chi connectivity index (χ1) is 7.93. The van der Waals surface area contributed by atoms with Crippen LogP contribution in [0.2, 0.25) is 0 Å². The van der Waals surface area contributed by atoms with Crippen LogP contribution in [0.15, 0.2) is 0 Å². The molecule has 2 heterocycles. The Kier molecular flexibility index (Phi) is 3.22. The number of fused-ring (bicyclic) bond motifs is 1. The maximum atomic E-state index is 11.9. The second-order valence-corrected chi connectivity index (χ2v) is 7.23. The summed E-state index contributed by atoms with van der Waals surface area (Å²) in [7, 11) is -1.63. The van der Waals surface area contributed by atoms with Gasteiger partial charge in [0.2, 0.25) is 10.0 Å². The minimum atomic E-state index is -3.22. The molecule has 0 unspecified atom stereocenters. The number of aryl methyl sites for hydroxylation is 1. The standard InChI is InChI=1S/C10H18N4O2S/c1-8(2)17(15,16)13(3)7-10-12-11-9-5-4-6-14(9)10/h8H,4-7H2,1-3H3. The zero-order chi connectivity index (χ0) is 12.6. The van der Waals surface area contributed by atoms with Gasteiger partial charge >= 0.3 is 0 Å². The molecule has 0 N–H and O–H groups in total. The van der Waals surface area contributed by atoms with Crippen LogP contribution in [0.25, 0.3) is 0 Å². The van der Waals surface area contributed by atoms with Gasteiger partial charge < -0.3 is 4.57 Å². The molecule has 0 bridgehead atoms. The van der Waals surface area contributed by atoms with Gasteiger partial charge in [-0.3, -0.25) is 0 Å². The Morgan fingerprint density at radius 3 is 2.76 bits per heavy atom. The Balaban J connectivity index is 2.16. The van der Waals surface area contributed by atoms with Crippen molar-refractivity contribution >= 4 is 10.0 Å². The van der Waals surface area contributed by atoms with E-state index in [4.69, 9.17) is 0 Å².